The van der Waals surface area contributed by atoms with Gasteiger partial charge in [0, 0.05) is 12.6 Å². The molecule has 1 aliphatic carbocycles. The molecule has 2 aliphatic rings. The van der Waals surface area contributed by atoms with Crippen LogP contribution in [0.3, 0.4) is 0 Å². The van der Waals surface area contributed by atoms with Gasteiger partial charge in [-0.3, -0.25) is 0 Å². The SMILES string of the molecule is CCC1CCCC(NCC(C)CN2CCCCC2)C1. The summed E-state index contributed by atoms with van der Waals surface area (Å²) in [5.41, 5.74) is 0. The monoisotopic (exact) mass is 266 g/mol. The smallest absolute Gasteiger partial charge is 0.00698 e. The Morgan fingerprint density at radius 3 is 2.63 bits per heavy atom. The lowest BCUT2D eigenvalue weighted by molar-refractivity contribution is 0.192. The summed E-state index contributed by atoms with van der Waals surface area (Å²) in [5, 5.41) is 3.85. The van der Waals surface area contributed by atoms with Gasteiger partial charge >= 0.3 is 0 Å². The standard InChI is InChI=1S/C17H34N2/c1-3-16-8-7-9-17(12-16)18-13-15(2)14-19-10-5-4-6-11-19/h15-18H,3-14H2,1-2H3. The molecule has 0 aromatic heterocycles. The molecule has 19 heavy (non-hydrogen) atoms. The lowest BCUT2D eigenvalue weighted by Crippen LogP contribution is -2.40. The minimum atomic E-state index is 0.806. The van der Waals surface area contributed by atoms with Crippen LogP contribution >= 0.6 is 0 Å². The number of hydrogen-bond donors (Lipinski definition) is 1. The van der Waals surface area contributed by atoms with E-state index in [0.717, 1.165) is 17.9 Å². The number of rotatable bonds is 6. The zero-order chi connectivity index (χ0) is 13.5. The van der Waals surface area contributed by atoms with E-state index in [0.29, 0.717) is 0 Å². The summed E-state index contributed by atoms with van der Waals surface area (Å²) in [6.07, 6.45) is 11.4. The highest BCUT2D eigenvalue weighted by molar-refractivity contribution is 4.78. The summed E-state index contributed by atoms with van der Waals surface area (Å²) in [6, 6.07) is 0.808. The molecule has 0 aromatic carbocycles. The van der Waals surface area contributed by atoms with Crippen LogP contribution in [-0.2, 0) is 0 Å². The van der Waals surface area contributed by atoms with Crippen LogP contribution in [0.4, 0.5) is 0 Å². The van der Waals surface area contributed by atoms with E-state index in [2.05, 4.69) is 24.1 Å². The molecule has 1 N–H and O–H groups in total. The van der Waals surface area contributed by atoms with Gasteiger partial charge in [0.1, 0.15) is 0 Å². The molecule has 2 rings (SSSR count). The largest absolute Gasteiger partial charge is 0.314 e. The van der Waals surface area contributed by atoms with E-state index >= 15 is 0 Å². The van der Waals surface area contributed by atoms with Crippen LogP contribution in [0, 0.1) is 11.8 Å². The van der Waals surface area contributed by atoms with Crippen LogP contribution in [0.2, 0.25) is 0 Å². The van der Waals surface area contributed by atoms with Crippen molar-refractivity contribution in [2.45, 2.75) is 71.3 Å². The van der Waals surface area contributed by atoms with Crippen molar-refractivity contribution < 1.29 is 0 Å². The minimum Gasteiger partial charge on any atom is -0.314 e. The molecule has 1 saturated carbocycles. The quantitative estimate of drug-likeness (QED) is 0.789. The molecule has 0 radical (unpaired) electrons. The molecule has 1 heterocycles. The van der Waals surface area contributed by atoms with Crippen molar-refractivity contribution in [3.05, 3.63) is 0 Å². The summed E-state index contributed by atoms with van der Waals surface area (Å²) in [5.74, 6) is 1.80. The third kappa shape index (κ3) is 5.43. The van der Waals surface area contributed by atoms with Gasteiger partial charge in [0.25, 0.3) is 0 Å². The zero-order valence-electron chi connectivity index (χ0n) is 13.2. The fourth-order valence-corrected chi connectivity index (χ4v) is 3.86. The van der Waals surface area contributed by atoms with Gasteiger partial charge in [0.05, 0.1) is 0 Å². The number of nitrogens with one attached hydrogen (secondary N) is 1. The highest BCUT2D eigenvalue weighted by Gasteiger charge is 2.21. The third-order valence-corrected chi connectivity index (χ3v) is 5.13. The van der Waals surface area contributed by atoms with Crippen molar-refractivity contribution in [3.63, 3.8) is 0 Å². The first-order chi connectivity index (χ1) is 9.28. The second kappa shape index (κ2) is 8.26. The maximum Gasteiger partial charge on any atom is 0.00698 e. The van der Waals surface area contributed by atoms with E-state index in [1.165, 1.54) is 77.5 Å². The Morgan fingerprint density at radius 1 is 1.11 bits per heavy atom. The Hall–Kier alpha value is -0.0800. The number of likely N-dealkylation sites (tertiary alicyclic amines) is 1. The van der Waals surface area contributed by atoms with Crippen LogP contribution < -0.4 is 5.32 Å². The average molecular weight is 266 g/mol. The molecule has 1 saturated heterocycles. The first kappa shape index (κ1) is 15.3. The van der Waals surface area contributed by atoms with E-state index in [-0.39, 0.29) is 0 Å². The van der Waals surface area contributed by atoms with Crippen molar-refractivity contribution in [2.75, 3.05) is 26.2 Å². The van der Waals surface area contributed by atoms with Gasteiger partial charge in [-0.2, -0.15) is 0 Å². The normalized spacial score (nSPS) is 31.3. The lowest BCUT2D eigenvalue weighted by atomic mass is 9.84. The lowest BCUT2D eigenvalue weighted by Gasteiger charge is -2.32. The van der Waals surface area contributed by atoms with E-state index < -0.39 is 0 Å². The van der Waals surface area contributed by atoms with Gasteiger partial charge in [-0.25, -0.2) is 0 Å². The maximum atomic E-state index is 3.85. The van der Waals surface area contributed by atoms with Gasteiger partial charge in [-0.05, 0) is 57.2 Å². The summed E-state index contributed by atoms with van der Waals surface area (Å²) in [6.45, 7) is 9.97. The van der Waals surface area contributed by atoms with Gasteiger partial charge in [-0.1, -0.05) is 39.5 Å². The number of nitrogens with zero attached hydrogens (tertiary/aromatic N) is 1. The van der Waals surface area contributed by atoms with E-state index in [9.17, 15) is 0 Å². The average Bonchev–Trinajstić information content (AvgIpc) is 2.46. The first-order valence-electron chi connectivity index (χ1n) is 8.73. The molecule has 0 amide bonds. The van der Waals surface area contributed by atoms with E-state index in [1.807, 2.05) is 0 Å². The van der Waals surface area contributed by atoms with Gasteiger partial charge in [0.15, 0.2) is 0 Å². The second-order valence-corrected chi connectivity index (χ2v) is 7.01. The van der Waals surface area contributed by atoms with Crippen molar-refractivity contribution in [1.29, 1.82) is 0 Å². The van der Waals surface area contributed by atoms with Gasteiger partial charge < -0.3 is 10.2 Å². The van der Waals surface area contributed by atoms with E-state index in [4.69, 9.17) is 0 Å². The number of hydrogen-bond acceptors (Lipinski definition) is 2. The van der Waals surface area contributed by atoms with Crippen LogP contribution in [-0.4, -0.2) is 37.1 Å². The zero-order valence-corrected chi connectivity index (χ0v) is 13.2. The Balaban J connectivity index is 1.61. The van der Waals surface area contributed by atoms with Crippen LogP contribution in [0.1, 0.15) is 65.2 Å². The molecule has 2 nitrogen and oxygen atoms in total. The predicted octanol–water partition coefficient (Wildman–Crippen LogP) is 3.67. The van der Waals surface area contributed by atoms with Crippen LogP contribution in [0.25, 0.3) is 0 Å². The molecular formula is C17H34N2. The van der Waals surface area contributed by atoms with Crippen molar-refractivity contribution in [1.82, 2.24) is 10.2 Å². The second-order valence-electron chi connectivity index (χ2n) is 7.01. The fourth-order valence-electron chi connectivity index (χ4n) is 3.86. The Labute approximate surface area is 120 Å². The highest BCUT2D eigenvalue weighted by Crippen LogP contribution is 2.26. The Kier molecular flexibility index (Phi) is 6.66. The minimum absolute atomic E-state index is 0.806. The molecule has 2 fully saturated rings. The summed E-state index contributed by atoms with van der Waals surface area (Å²) in [4.78, 5) is 2.67. The summed E-state index contributed by atoms with van der Waals surface area (Å²) in [7, 11) is 0. The first-order valence-corrected chi connectivity index (χ1v) is 8.73. The van der Waals surface area contributed by atoms with Crippen LogP contribution in [0.15, 0.2) is 0 Å². The third-order valence-electron chi connectivity index (χ3n) is 5.13. The molecule has 112 valence electrons. The predicted molar refractivity (Wildman–Crippen MR) is 83.5 cm³/mol. The summed E-state index contributed by atoms with van der Waals surface area (Å²) < 4.78 is 0. The Bertz CT molecular complexity index is 235. The highest BCUT2D eigenvalue weighted by atomic mass is 15.1. The van der Waals surface area contributed by atoms with Crippen molar-refractivity contribution in [3.8, 4) is 0 Å². The van der Waals surface area contributed by atoms with Crippen LogP contribution in [0.5, 0.6) is 0 Å². The topological polar surface area (TPSA) is 15.3 Å². The maximum absolute atomic E-state index is 3.85. The van der Waals surface area contributed by atoms with Crippen molar-refractivity contribution in [2.24, 2.45) is 11.8 Å². The van der Waals surface area contributed by atoms with Gasteiger partial charge in [-0.15, -0.1) is 0 Å². The fraction of sp³-hybridized carbons (Fsp3) is 1.00. The molecule has 3 atom stereocenters. The molecule has 0 bridgehead atoms. The molecular weight excluding hydrogens is 232 g/mol. The summed E-state index contributed by atoms with van der Waals surface area (Å²) >= 11 is 0. The number of piperidine rings is 1. The van der Waals surface area contributed by atoms with E-state index in [1.54, 1.807) is 0 Å². The molecule has 0 spiro atoms. The molecule has 3 unspecified atom stereocenters. The molecule has 2 heteroatoms. The molecule has 1 aliphatic heterocycles. The Morgan fingerprint density at radius 2 is 1.89 bits per heavy atom. The molecule has 0 aromatic rings. The van der Waals surface area contributed by atoms with Crippen molar-refractivity contribution >= 4 is 0 Å². The van der Waals surface area contributed by atoms with Gasteiger partial charge in [0.2, 0.25) is 0 Å².